The van der Waals surface area contributed by atoms with E-state index in [2.05, 4.69) is 10.1 Å². The molecule has 1 aromatic carbocycles. The standard InChI is InChI=1S/C18H20N6O2/c1-3-24-18(26)23-12-11-22(17(25)16-19-9-10-21(16)2)14(15(23)20-24)13-7-5-4-6-8-13/h4-10,14H,3,11-12H2,1-2H3/t14-/m1/s1. The molecule has 1 atom stereocenters. The van der Waals surface area contributed by atoms with E-state index in [1.165, 1.54) is 4.68 Å². The van der Waals surface area contributed by atoms with E-state index in [1.54, 1.807) is 33.5 Å². The van der Waals surface area contributed by atoms with Crippen molar-refractivity contribution in [1.29, 1.82) is 0 Å². The number of aryl methyl sites for hydroxylation is 2. The van der Waals surface area contributed by atoms with E-state index >= 15 is 0 Å². The number of imidazole rings is 1. The zero-order valence-electron chi connectivity index (χ0n) is 14.7. The van der Waals surface area contributed by atoms with Crippen LogP contribution in [0, 0.1) is 0 Å². The van der Waals surface area contributed by atoms with Crippen LogP contribution in [0.2, 0.25) is 0 Å². The first-order chi connectivity index (χ1) is 12.6. The molecule has 0 spiro atoms. The zero-order valence-corrected chi connectivity index (χ0v) is 14.7. The van der Waals surface area contributed by atoms with E-state index in [4.69, 9.17) is 0 Å². The first kappa shape index (κ1) is 16.3. The van der Waals surface area contributed by atoms with Gasteiger partial charge < -0.3 is 9.47 Å². The zero-order chi connectivity index (χ0) is 18.3. The Labute approximate surface area is 150 Å². The third-order valence-corrected chi connectivity index (χ3v) is 4.76. The summed E-state index contributed by atoms with van der Waals surface area (Å²) in [4.78, 5) is 31.6. The van der Waals surface area contributed by atoms with Gasteiger partial charge in [0.2, 0.25) is 0 Å². The van der Waals surface area contributed by atoms with E-state index in [9.17, 15) is 9.59 Å². The third kappa shape index (κ3) is 2.45. The van der Waals surface area contributed by atoms with Gasteiger partial charge in [-0.2, -0.15) is 5.10 Å². The first-order valence-electron chi connectivity index (χ1n) is 8.62. The van der Waals surface area contributed by atoms with Crippen LogP contribution in [0.25, 0.3) is 0 Å². The van der Waals surface area contributed by atoms with Crippen LogP contribution in [0.4, 0.5) is 0 Å². The first-order valence-corrected chi connectivity index (χ1v) is 8.62. The molecular formula is C18H20N6O2. The Balaban J connectivity index is 1.85. The fourth-order valence-corrected chi connectivity index (χ4v) is 3.44. The van der Waals surface area contributed by atoms with Crippen molar-refractivity contribution in [1.82, 2.24) is 28.8 Å². The molecule has 1 amide bonds. The molecular weight excluding hydrogens is 332 g/mol. The van der Waals surface area contributed by atoms with Crippen molar-refractivity contribution in [3.63, 3.8) is 0 Å². The minimum atomic E-state index is -0.422. The number of amides is 1. The number of carbonyl (C=O) groups is 1. The van der Waals surface area contributed by atoms with Gasteiger partial charge in [-0.05, 0) is 12.5 Å². The van der Waals surface area contributed by atoms with E-state index in [-0.39, 0.29) is 11.6 Å². The molecule has 26 heavy (non-hydrogen) atoms. The molecule has 0 radical (unpaired) electrons. The molecule has 1 aliphatic heterocycles. The average Bonchev–Trinajstić information content (AvgIpc) is 3.24. The molecule has 0 saturated carbocycles. The number of fused-ring (bicyclic) bond motifs is 1. The van der Waals surface area contributed by atoms with Gasteiger partial charge >= 0.3 is 5.69 Å². The molecule has 4 rings (SSSR count). The lowest BCUT2D eigenvalue weighted by Crippen LogP contribution is -2.45. The highest BCUT2D eigenvalue weighted by atomic mass is 16.2. The SMILES string of the molecule is CCn1nc2n(c1=O)CCN(C(=O)c1nccn1C)[C@@H]2c1ccccc1. The minimum absolute atomic E-state index is 0.132. The summed E-state index contributed by atoms with van der Waals surface area (Å²) in [5, 5.41) is 4.51. The molecule has 0 bridgehead atoms. The Bertz CT molecular complexity index is 1000. The summed E-state index contributed by atoms with van der Waals surface area (Å²) < 4.78 is 4.82. The van der Waals surface area contributed by atoms with Gasteiger partial charge in [0.25, 0.3) is 5.91 Å². The maximum Gasteiger partial charge on any atom is 0.346 e. The summed E-state index contributed by atoms with van der Waals surface area (Å²) in [7, 11) is 1.80. The Morgan fingerprint density at radius 2 is 2.00 bits per heavy atom. The highest BCUT2D eigenvalue weighted by Gasteiger charge is 2.37. The van der Waals surface area contributed by atoms with Gasteiger partial charge in [-0.1, -0.05) is 30.3 Å². The lowest BCUT2D eigenvalue weighted by Gasteiger charge is -2.35. The number of nitrogens with zero attached hydrogens (tertiary/aromatic N) is 6. The predicted molar refractivity (Wildman–Crippen MR) is 94.7 cm³/mol. The molecule has 134 valence electrons. The smallest absolute Gasteiger partial charge is 0.330 e. The molecule has 0 fully saturated rings. The summed E-state index contributed by atoms with van der Waals surface area (Å²) in [5.74, 6) is 0.796. The Kier molecular flexibility index (Phi) is 3.95. The van der Waals surface area contributed by atoms with E-state index < -0.39 is 6.04 Å². The quantitative estimate of drug-likeness (QED) is 0.706. The molecule has 0 unspecified atom stereocenters. The predicted octanol–water partition coefficient (Wildman–Crippen LogP) is 1.04. The van der Waals surface area contributed by atoms with Crippen LogP contribution in [0.5, 0.6) is 0 Å². The maximum atomic E-state index is 13.2. The number of benzene rings is 1. The van der Waals surface area contributed by atoms with Gasteiger partial charge in [0.1, 0.15) is 6.04 Å². The van der Waals surface area contributed by atoms with Crippen molar-refractivity contribution in [2.75, 3.05) is 6.54 Å². The van der Waals surface area contributed by atoms with Crippen molar-refractivity contribution in [2.24, 2.45) is 7.05 Å². The Morgan fingerprint density at radius 3 is 2.65 bits per heavy atom. The van der Waals surface area contributed by atoms with Crippen molar-refractivity contribution in [3.05, 3.63) is 70.4 Å². The number of aromatic nitrogens is 5. The van der Waals surface area contributed by atoms with Crippen molar-refractivity contribution in [2.45, 2.75) is 26.1 Å². The van der Waals surface area contributed by atoms with Crippen LogP contribution in [0.15, 0.2) is 47.5 Å². The average molecular weight is 352 g/mol. The molecule has 0 N–H and O–H groups in total. The number of rotatable bonds is 3. The molecule has 0 aliphatic carbocycles. The summed E-state index contributed by atoms with van der Waals surface area (Å²) in [6.45, 7) is 3.23. The molecule has 0 saturated heterocycles. The largest absolute Gasteiger partial charge is 0.346 e. The summed E-state index contributed by atoms with van der Waals surface area (Å²) >= 11 is 0. The summed E-state index contributed by atoms with van der Waals surface area (Å²) in [6.07, 6.45) is 3.35. The molecule has 8 nitrogen and oxygen atoms in total. The van der Waals surface area contributed by atoms with Crippen LogP contribution in [-0.2, 0) is 20.1 Å². The molecule has 3 heterocycles. The van der Waals surface area contributed by atoms with E-state index in [0.717, 1.165) is 5.56 Å². The van der Waals surface area contributed by atoms with Gasteiger partial charge in [-0.25, -0.2) is 14.5 Å². The Morgan fingerprint density at radius 1 is 1.23 bits per heavy atom. The number of hydrogen-bond donors (Lipinski definition) is 0. The second-order valence-electron chi connectivity index (χ2n) is 6.28. The minimum Gasteiger partial charge on any atom is -0.330 e. The van der Waals surface area contributed by atoms with Crippen LogP contribution in [0.1, 0.15) is 35.0 Å². The lowest BCUT2D eigenvalue weighted by atomic mass is 10.0. The van der Waals surface area contributed by atoms with Crippen molar-refractivity contribution < 1.29 is 4.79 Å². The fraction of sp³-hybridized carbons (Fsp3) is 0.333. The lowest BCUT2D eigenvalue weighted by molar-refractivity contribution is 0.0640. The molecule has 8 heteroatoms. The van der Waals surface area contributed by atoms with Crippen LogP contribution < -0.4 is 5.69 Å². The molecule has 2 aromatic heterocycles. The van der Waals surface area contributed by atoms with Gasteiger partial charge in [-0.15, -0.1) is 0 Å². The van der Waals surface area contributed by atoms with Gasteiger partial charge in [-0.3, -0.25) is 9.36 Å². The van der Waals surface area contributed by atoms with Crippen molar-refractivity contribution in [3.8, 4) is 0 Å². The molecule has 3 aromatic rings. The second-order valence-corrected chi connectivity index (χ2v) is 6.28. The second kappa shape index (κ2) is 6.29. The highest BCUT2D eigenvalue weighted by Crippen LogP contribution is 2.30. The van der Waals surface area contributed by atoms with Crippen molar-refractivity contribution >= 4 is 5.91 Å². The normalized spacial score (nSPS) is 16.5. The number of hydrogen-bond acceptors (Lipinski definition) is 4. The maximum absolute atomic E-state index is 13.2. The Hall–Kier alpha value is -3.16. The monoisotopic (exact) mass is 352 g/mol. The van der Waals surface area contributed by atoms with Gasteiger partial charge in [0.05, 0.1) is 0 Å². The third-order valence-electron chi connectivity index (χ3n) is 4.76. The van der Waals surface area contributed by atoms with E-state index in [0.29, 0.717) is 31.3 Å². The highest BCUT2D eigenvalue weighted by molar-refractivity contribution is 5.91. The molecule has 1 aliphatic rings. The van der Waals surface area contributed by atoms with Gasteiger partial charge in [0.15, 0.2) is 11.6 Å². The van der Waals surface area contributed by atoms with Crippen LogP contribution >= 0.6 is 0 Å². The van der Waals surface area contributed by atoms with E-state index in [1.807, 2.05) is 37.3 Å². The van der Waals surface area contributed by atoms with Gasteiger partial charge in [0, 0.05) is 39.1 Å². The number of carbonyl (C=O) groups excluding carboxylic acids is 1. The summed E-state index contributed by atoms with van der Waals surface area (Å²) in [6, 6.07) is 9.26. The fourth-order valence-electron chi connectivity index (χ4n) is 3.44. The van der Waals surface area contributed by atoms with Crippen LogP contribution in [0.3, 0.4) is 0 Å². The topological polar surface area (TPSA) is 78.0 Å². The summed E-state index contributed by atoms with van der Waals surface area (Å²) in [5.41, 5.74) is 0.789. The van der Waals surface area contributed by atoms with Crippen LogP contribution in [-0.4, -0.2) is 41.3 Å².